The number of aromatic nitrogens is 3. The molecule has 0 saturated carbocycles. The molecule has 134 valence electrons. The van der Waals surface area contributed by atoms with E-state index in [9.17, 15) is 4.79 Å². The molecule has 25 heavy (non-hydrogen) atoms. The Morgan fingerprint density at radius 3 is 2.64 bits per heavy atom. The molecule has 1 atom stereocenters. The second-order valence-corrected chi connectivity index (χ2v) is 6.14. The molecule has 1 aromatic carbocycles. The van der Waals surface area contributed by atoms with Crippen molar-refractivity contribution in [3.63, 3.8) is 0 Å². The number of carbonyl (C=O) groups is 1. The lowest BCUT2D eigenvalue weighted by Crippen LogP contribution is -2.54. The van der Waals surface area contributed by atoms with Crippen LogP contribution >= 0.6 is 11.6 Å². The van der Waals surface area contributed by atoms with Gasteiger partial charge >= 0.3 is 6.09 Å². The van der Waals surface area contributed by atoms with Crippen molar-refractivity contribution in [2.75, 3.05) is 32.8 Å². The molecule has 9 heteroatoms. The van der Waals surface area contributed by atoms with Crippen molar-refractivity contribution in [3.05, 3.63) is 46.7 Å². The van der Waals surface area contributed by atoms with Crippen molar-refractivity contribution in [1.29, 1.82) is 0 Å². The van der Waals surface area contributed by atoms with Crippen LogP contribution in [0.15, 0.2) is 30.5 Å². The van der Waals surface area contributed by atoms with E-state index in [0.29, 0.717) is 24.7 Å². The molecule has 1 amide bonds. The lowest BCUT2D eigenvalue weighted by Gasteiger charge is -2.38. The summed E-state index contributed by atoms with van der Waals surface area (Å²) in [7, 11) is 0. The summed E-state index contributed by atoms with van der Waals surface area (Å²) >= 11 is 6.01. The van der Waals surface area contributed by atoms with E-state index >= 15 is 0 Å². The first-order valence-corrected chi connectivity index (χ1v) is 8.58. The van der Waals surface area contributed by atoms with E-state index in [-0.39, 0.29) is 6.04 Å². The van der Waals surface area contributed by atoms with Gasteiger partial charge in [0.1, 0.15) is 5.69 Å². The molecule has 1 aliphatic heterocycles. The molecule has 0 bridgehead atoms. The van der Waals surface area contributed by atoms with Gasteiger partial charge in [-0.2, -0.15) is 15.4 Å². The molecular weight excluding hydrogens is 344 g/mol. The Kier molecular flexibility index (Phi) is 5.85. The number of amides is 1. The van der Waals surface area contributed by atoms with Gasteiger partial charge in [0.25, 0.3) is 0 Å². The zero-order valence-electron chi connectivity index (χ0n) is 14.0. The fraction of sp³-hybridized carbons (Fsp3) is 0.438. The fourth-order valence-electron chi connectivity index (χ4n) is 2.94. The molecule has 0 radical (unpaired) electrons. The zero-order valence-corrected chi connectivity index (χ0v) is 14.7. The Morgan fingerprint density at radius 1 is 1.32 bits per heavy atom. The minimum absolute atomic E-state index is 0.0132. The second-order valence-electron chi connectivity index (χ2n) is 5.70. The molecule has 2 N–H and O–H groups in total. The molecular formula is C16H21ClN6O2. The summed E-state index contributed by atoms with van der Waals surface area (Å²) in [5, 5.41) is 13.5. The number of hydrazine groups is 1. The first-order valence-electron chi connectivity index (χ1n) is 8.21. The summed E-state index contributed by atoms with van der Waals surface area (Å²) in [6.45, 7) is 5.07. The third-order valence-corrected chi connectivity index (χ3v) is 4.36. The molecule has 0 spiro atoms. The SMILES string of the molecule is CCOC(=O)NN1CCN(C(c2ccc(Cl)cc2)c2cn[nH]n2)CC1. The van der Waals surface area contributed by atoms with Crippen LogP contribution in [-0.2, 0) is 4.74 Å². The van der Waals surface area contributed by atoms with Crippen molar-refractivity contribution in [2.45, 2.75) is 13.0 Å². The van der Waals surface area contributed by atoms with E-state index < -0.39 is 6.09 Å². The number of halogens is 1. The highest BCUT2D eigenvalue weighted by atomic mass is 35.5. The van der Waals surface area contributed by atoms with Crippen LogP contribution < -0.4 is 5.43 Å². The van der Waals surface area contributed by atoms with E-state index in [2.05, 4.69) is 25.7 Å². The summed E-state index contributed by atoms with van der Waals surface area (Å²) in [6.07, 6.45) is 1.32. The summed E-state index contributed by atoms with van der Waals surface area (Å²) < 4.78 is 4.92. The molecule has 1 aromatic heterocycles. The van der Waals surface area contributed by atoms with Crippen LogP contribution in [-0.4, -0.2) is 64.2 Å². The number of H-pyrrole nitrogens is 1. The van der Waals surface area contributed by atoms with Crippen LogP contribution in [0.4, 0.5) is 4.79 Å². The van der Waals surface area contributed by atoms with Gasteiger partial charge in [0, 0.05) is 31.2 Å². The highest BCUT2D eigenvalue weighted by Crippen LogP contribution is 2.28. The average molecular weight is 365 g/mol. The quantitative estimate of drug-likeness (QED) is 0.841. The molecule has 8 nitrogen and oxygen atoms in total. The maximum Gasteiger partial charge on any atom is 0.421 e. The number of ether oxygens (including phenoxy) is 1. The predicted molar refractivity (Wildman–Crippen MR) is 93.0 cm³/mol. The molecule has 1 fully saturated rings. The number of nitrogens with one attached hydrogen (secondary N) is 2. The Bertz CT molecular complexity index is 670. The van der Waals surface area contributed by atoms with Crippen molar-refractivity contribution < 1.29 is 9.53 Å². The number of carbonyl (C=O) groups excluding carboxylic acids is 1. The topological polar surface area (TPSA) is 86.4 Å². The molecule has 3 rings (SSSR count). The van der Waals surface area contributed by atoms with E-state index in [4.69, 9.17) is 16.3 Å². The number of rotatable bonds is 5. The number of aromatic amines is 1. The van der Waals surface area contributed by atoms with Gasteiger partial charge in [0.05, 0.1) is 18.8 Å². The summed E-state index contributed by atoms with van der Waals surface area (Å²) in [6, 6.07) is 7.75. The molecule has 2 heterocycles. The van der Waals surface area contributed by atoms with E-state index in [1.54, 1.807) is 13.1 Å². The van der Waals surface area contributed by atoms with Gasteiger partial charge in [-0.25, -0.2) is 9.80 Å². The Morgan fingerprint density at radius 2 is 2.04 bits per heavy atom. The standard InChI is InChI=1S/C16H21ClN6O2/c1-2-25-16(24)20-23-9-7-22(8-10-23)15(14-11-18-21-19-14)12-3-5-13(17)6-4-12/h3-6,11,15H,2,7-10H2,1H3,(H,20,24)(H,18,19,21). The fourth-order valence-corrected chi connectivity index (χ4v) is 3.07. The monoisotopic (exact) mass is 364 g/mol. The minimum atomic E-state index is -0.415. The van der Waals surface area contributed by atoms with Crippen LogP contribution in [0.1, 0.15) is 24.2 Å². The molecule has 1 saturated heterocycles. The maximum atomic E-state index is 11.5. The summed E-state index contributed by atoms with van der Waals surface area (Å²) in [5.74, 6) is 0. The van der Waals surface area contributed by atoms with E-state index in [0.717, 1.165) is 24.3 Å². The number of hydrogen-bond donors (Lipinski definition) is 2. The van der Waals surface area contributed by atoms with Crippen molar-refractivity contribution in [1.82, 2.24) is 30.7 Å². The summed E-state index contributed by atoms with van der Waals surface area (Å²) in [5.41, 5.74) is 4.71. The molecule has 1 unspecified atom stereocenters. The van der Waals surface area contributed by atoms with Crippen LogP contribution in [0.3, 0.4) is 0 Å². The van der Waals surface area contributed by atoms with Gasteiger partial charge in [0.2, 0.25) is 0 Å². The van der Waals surface area contributed by atoms with Crippen molar-refractivity contribution >= 4 is 17.7 Å². The number of benzene rings is 1. The highest BCUT2D eigenvalue weighted by molar-refractivity contribution is 6.30. The number of nitrogens with zero attached hydrogens (tertiary/aromatic N) is 4. The van der Waals surface area contributed by atoms with Crippen LogP contribution in [0.5, 0.6) is 0 Å². The largest absolute Gasteiger partial charge is 0.449 e. The lowest BCUT2D eigenvalue weighted by molar-refractivity contribution is 0.0597. The second kappa shape index (κ2) is 8.28. The number of hydrogen-bond acceptors (Lipinski definition) is 6. The van der Waals surface area contributed by atoms with Gasteiger partial charge in [-0.15, -0.1) is 0 Å². The van der Waals surface area contributed by atoms with Crippen LogP contribution in [0.25, 0.3) is 0 Å². The Hall–Kier alpha value is -2.16. The van der Waals surface area contributed by atoms with E-state index in [1.807, 2.05) is 29.3 Å². The van der Waals surface area contributed by atoms with E-state index in [1.165, 1.54) is 0 Å². The van der Waals surface area contributed by atoms with Crippen molar-refractivity contribution in [2.24, 2.45) is 0 Å². The van der Waals surface area contributed by atoms with Gasteiger partial charge in [0.15, 0.2) is 0 Å². The van der Waals surface area contributed by atoms with Crippen LogP contribution in [0.2, 0.25) is 5.02 Å². The first-order chi connectivity index (χ1) is 12.2. The molecule has 1 aliphatic rings. The van der Waals surface area contributed by atoms with Gasteiger partial charge in [-0.05, 0) is 24.6 Å². The maximum absolute atomic E-state index is 11.5. The normalized spacial score (nSPS) is 17.2. The molecule has 2 aromatic rings. The van der Waals surface area contributed by atoms with Crippen LogP contribution in [0, 0.1) is 0 Å². The highest BCUT2D eigenvalue weighted by Gasteiger charge is 2.28. The Balaban J connectivity index is 1.69. The lowest BCUT2D eigenvalue weighted by atomic mass is 10.0. The summed E-state index contributed by atoms with van der Waals surface area (Å²) in [4.78, 5) is 13.9. The third-order valence-electron chi connectivity index (χ3n) is 4.10. The van der Waals surface area contributed by atoms with Gasteiger partial charge in [-0.3, -0.25) is 10.3 Å². The third kappa shape index (κ3) is 4.47. The predicted octanol–water partition coefficient (Wildman–Crippen LogP) is 1.83. The Labute approximate surface area is 151 Å². The smallest absolute Gasteiger partial charge is 0.421 e. The first kappa shape index (κ1) is 17.7. The average Bonchev–Trinajstić information content (AvgIpc) is 3.13. The number of piperazine rings is 1. The van der Waals surface area contributed by atoms with Gasteiger partial charge in [-0.1, -0.05) is 23.7 Å². The van der Waals surface area contributed by atoms with Crippen molar-refractivity contribution in [3.8, 4) is 0 Å². The molecule has 0 aliphatic carbocycles. The zero-order chi connectivity index (χ0) is 17.6. The van der Waals surface area contributed by atoms with Gasteiger partial charge < -0.3 is 4.74 Å². The minimum Gasteiger partial charge on any atom is -0.449 e.